The van der Waals surface area contributed by atoms with Gasteiger partial charge >= 0.3 is 0 Å². The van der Waals surface area contributed by atoms with E-state index in [4.69, 9.17) is 23.2 Å². The topological polar surface area (TPSA) is 68.9 Å². The average molecular weight is 270 g/mol. The summed E-state index contributed by atoms with van der Waals surface area (Å²) in [5.41, 5.74) is 0.188. The highest BCUT2D eigenvalue weighted by molar-refractivity contribution is 6.33. The minimum atomic E-state index is -0.506. The first-order valence-corrected chi connectivity index (χ1v) is 5.27. The average Bonchev–Trinajstić information content (AvgIpc) is 2.27. The Hall–Kier alpha value is -1.72. The predicted molar refractivity (Wildman–Crippen MR) is 64.1 cm³/mol. The van der Waals surface area contributed by atoms with Gasteiger partial charge in [0.25, 0.3) is 5.69 Å². The van der Waals surface area contributed by atoms with Crippen LogP contribution < -0.4 is 0 Å². The van der Waals surface area contributed by atoms with Crippen molar-refractivity contribution in [3.05, 3.63) is 50.8 Å². The van der Waals surface area contributed by atoms with Crippen LogP contribution in [0.4, 0.5) is 5.69 Å². The second-order valence-corrected chi connectivity index (χ2v) is 3.89. The Labute approximate surface area is 106 Å². The Morgan fingerprint density at radius 3 is 2.29 bits per heavy atom. The molecule has 0 saturated heterocycles. The molecule has 0 N–H and O–H groups in total. The highest BCUT2D eigenvalue weighted by Gasteiger charge is 2.17. The van der Waals surface area contributed by atoms with Gasteiger partial charge in [-0.05, 0) is 6.07 Å². The molecule has 86 valence electrons. The van der Waals surface area contributed by atoms with E-state index in [1.807, 2.05) is 0 Å². The lowest BCUT2D eigenvalue weighted by atomic mass is 10.1. The van der Waals surface area contributed by atoms with Crippen LogP contribution in [-0.2, 0) is 0 Å². The maximum atomic E-state index is 10.8. The summed E-state index contributed by atoms with van der Waals surface area (Å²) in [4.78, 5) is 18.2. The Kier molecular flexibility index (Phi) is 3.21. The molecular weight excluding hydrogens is 265 g/mol. The fourth-order valence-electron chi connectivity index (χ4n) is 1.33. The molecular formula is C10H5Cl2N3O2. The van der Waals surface area contributed by atoms with E-state index in [1.54, 1.807) is 18.2 Å². The van der Waals surface area contributed by atoms with E-state index >= 15 is 0 Å². The van der Waals surface area contributed by atoms with E-state index in [2.05, 4.69) is 9.97 Å². The molecule has 0 radical (unpaired) electrons. The quantitative estimate of drug-likeness (QED) is 0.476. The summed E-state index contributed by atoms with van der Waals surface area (Å²) in [6.07, 6.45) is 0. The van der Waals surface area contributed by atoms with E-state index in [9.17, 15) is 10.1 Å². The number of aromatic nitrogens is 2. The van der Waals surface area contributed by atoms with Crippen LogP contribution in [0, 0.1) is 10.1 Å². The zero-order valence-electron chi connectivity index (χ0n) is 8.30. The SMILES string of the molecule is O=[N+]([O-])c1ccccc1-c1nc(Cl)cc(Cl)n1. The first-order valence-electron chi connectivity index (χ1n) is 4.52. The summed E-state index contributed by atoms with van der Waals surface area (Å²) in [5, 5.41) is 11.1. The molecule has 0 aliphatic rings. The zero-order valence-corrected chi connectivity index (χ0v) is 9.81. The predicted octanol–water partition coefficient (Wildman–Crippen LogP) is 3.36. The maximum absolute atomic E-state index is 10.8. The number of halogens is 2. The third kappa shape index (κ3) is 2.51. The fourth-order valence-corrected chi connectivity index (χ4v) is 1.76. The summed E-state index contributed by atoms with van der Waals surface area (Å²) in [7, 11) is 0. The van der Waals surface area contributed by atoms with Crippen molar-refractivity contribution in [1.29, 1.82) is 0 Å². The molecule has 2 aromatic rings. The molecule has 0 aliphatic carbocycles. The summed E-state index contributed by atoms with van der Waals surface area (Å²) < 4.78 is 0. The van der Waals surface area contributed by atoms with Crippen LogP contribution >= 0.6 is 23.2 Å². The van der Waals surface area contributed by atoms with E-state index < -0.39 is 4.92 Å². The molecule has 0 atom stereocenters. The molecule has 1 aromatic carbocycles. The van der Waals surface area contributed by atoms with Crippen LogP contribution in [0.2, 0.25) is 10.3 Å². The molecule has 1 heterocycles. The lowest BCUT2D eigenvalue weighted by Crippen LogP contribution is -1.95. The van der Waals surface area contributed by atoms with Gasteiger partial charge in [0.1, 0.15) is 10.3 Å². The number of nitrogens with zero attached hydrogens (tertiary/aromatic N) is 3. The largest absolute Gasteiger partial charge is 0.280 e. The van der Waals surface area contributed by atoms with Gasteiger partial charge in [0.15, 0.2) is 5.82 Å². The summed E-state index contributed by atoms with van der Waals surface area (Å²) in [6.45, 7) is 0. The fraction of sp³-hybridized carbons (Fsp3) is 0. The normalized spacial score (nSPS) is 10.2. The first-order chi connectivity index (χ1) is 8.08. The minimum Gasteiger partial charge on any atom is -0.258 e. The monoisotopic (exact) mass is 269 g/mol. The Morgan fingerprint density at radius 1 is 1.12 bits per heavy atom. The van der Waals surface area contributed by atoms with Crippen molar-refractivity contribution in [1.82, 2.24) is 9.97 Å². The van der Waals surface area contributed by atoms with E-state index in [1.165, 1.54) is 12.1 Å². The summed E-state index contributed by atoms with van der Waals surface area (Å²) in [6, 6.07) is 7.49. The molecule has 0 unspecified atom stereocenters. The molecule has 2 rings (SSSR count). The third-order valence-corrected chi connectivity index (χ3v) is 2.39. The van der Waals surface area contributed by atoms with Gasteiger partial charge in [-0.25, -0.2) is 9.97 Å². The highest BCUT2D eigenvalue weighted by Crippen LogP contribution is 2.28. The van der Waals surface area contributed by atoms with Crippen molar-refractivity contribution in [3.63, 3.8) is 0 Å². The van der Waals surface area contributed by atoms with Gasteiger partial charge in [-0.2, -0.15) is 0 Å². The van der Waals surface area contributed by atoms with Crippen LogP contribution in [-0.4, -0.2) is 14.9 Å². The second-order valence-electron chi connectivity index (χ2n) is 3.11. The van der Waals surface area contributed by atoms with Crippen molar-refractivity contribution in [3.8, 4) is 11.4 Å². The number of nitro benzene ring substituents is 1. The van der Waals surface area contributed by atoms with Crippen molar-refractivity contribution < 1.29 is 4.92 Å². The van der Waals surface area contributed by atoms with E-state index in [0.717, 1.165) is 0 Å². The minimum absolute atomic E-state index is 0.0918. The highest BCUT2D eigenvalue weighted by atomic mass is 35.5. The van der Waals surface area contributed by atoms with Gasteiger partial charge in [-0.3, -0.25) is 10.1 Å². The summed E-state index contributed by atoms with van der Waals surface area (Å²) >= 11 is 11.5. The Bertz CT molecular complexity index is 569. The molecule has 0 spiro atoms. The Morgan fingerprint density at radius 2 is 1.71 bits per heavy atom. The van der Waals surface area contributed by atoms with Gasteiger partial charge in [-0.15, -0.1) is 0 Å². The lowest BCUT2D eigenvalue weighted by Gasteiger charge is -2.02. The molecule has 17 heavy (non-hydrogen) atoms. The van der Waals surface area contributed by atoms with Crippen molar-refractivity contribution in [2.75, 3.05) is 0 Å². The standard InChI is InChI=1S/C10H5Cl2N3O2/c11-8-5-9(12)14-10(13-8)6-3-1-2-4-7(6)15(16)17/h1-5H. The molecule has 0 amide bonds. The molecule has 5 nitrogen and oxygen atoms in total. The Balaban J connectivity index is 2.64. The molecule has 0 aliphatic heterocycles. The van der Waals surface area contributed by atoms with Crippen molar-refractivity contribution >= 4 is 28.9 Å². The number of para-hydroxylation sites is 1. The molecule has 0 saturated carbocycles. The van der Waals surface area contributed by atoms with Crippen molar-refractivity contribution in [2.24, 2.45) is 0 Å². The number of benzene rings is 1. The van der Waals surface area contributed by atoms with Gasteiger partial charge in [-0.1, -0.05) is 35.3 Å². The third-order valence-electron chi connectivity index (χ3n) is 2.01. The molecule has 7 heteroatoms. The van der Waals surface area contributed by atoms with E-state index in [-0.39, 0.29) is 27.4 Å². The maximum Gasteiger partial charge on any atom is 0.280 e. The second kappa shape index (κ2) is 4.65. The molecule has 1 aromatic heterocycles. The van der Waals surface area contributed by atoms with Crippen molar-refractivity contribution in [2.45, 2.75) is 0 Å². The van der Waals surface area contributed by atoms with Crippen LogP contribution in [0.15, 0.2) is 30.3 Å². The lowest BCUT2D eigenvalue weighted by molar-refractivity contribution is -0.384. The summed E-state index contributed by atoms with van der Waals surface area (Å²) in [5.74, 6) is 0.134. The number of rotatable bonds is 2. The number of hydrogen-bond acceptors (Lipinski definition) is 4. The van der Waals surface area contributed by atoms with Crippen LogP contribution in [0.3, 0.4) is 0 Å². The van der Waals surface area contributed by atoms with Crippen LogP contribution in [0.5, 0.6) is 0 Å². The smallest absolute Gasteiger partial charge is 0.258 e. The number of nitro groups is 1. The van der Waals surface area contributed by atoms with E-state index in [0.29, 0.717) is 0 Å². The van der Waals surface area contributed by atoms with Gasteiger partial charge in [0, 0.05) is 12.1 Å². The molecule has 0 bridgehead atoms. The van der Waals surface area contributed by atoms with Gasteiger partial charge < -0.3 is 0 Å². The molecule has 0 fully saturated rings. The van der Waals surface area contributed by atoms with Crippen LogP contribution in [0.25, 0.3) is 11.4 Å². The van der Waals surface area contributed by atoms with Crippen LogP contribution in [0.1, 0.15) is 0 Å². The first kappa shape index (κ1) is 11.8. The van der Waals surface area contributed by atoms with Gasteiger partial charge in [0.05, 0.1) is 10.5 Å². The number of hydrogen-bond donors (Lipinski definition) is 0. The zero-order chi connectivity index (χ0) is 12.4. The van der Waals surface area contributed by atoms with Gasteiger partial charge in [0.2, 0.25) is 0 Å².